The highest BCUT2D eigenvalue weighted by Gasteiger charge is 2.26. The SMILES string of the molecule is CNC(CC1CCC1)c1ccccc1C(C)(C)C. The molecule has 0 spiro atoms. The van der Waals surface area contributed by atoms with Crippen LogP contribution in [0.25, 0.3) is 0 Å². The number of hydrogen-bond donors (Lipinski definition) is 1. The lowest BCUT2D eigenvalue weighted by Crippen LogP contribution is -2.26. The van der Waals surface area contributed by atoms with Crippen molar-refractivity contribution >= 4 is 0 Å². The van der Waals surface area contributed by atoms with Crippen molar-refractivity contribution in [3.63, 3.8) is 0 Å². The van der Waals surface area contributed by atoms with Gasteiger partial charge in [0.25, 0.3) is 0 Å². The average molecular weight is 245 g/mol. The molecule has 1 fully saturated rings. The van der Waals surface area contributed by atoms with Crippen molar-refractivity contribution in [2.75, 3.05) is 7.05 Å². The maximum Gasteiger partial charge on any atom is 0.0323 e. The van der Waals surface area contributed by atoms with Gasteiger partial charge in [0, 0.05) is 6.04 Å². The predicted octanol–water partition coefficient (Wildman–Crippen LogP) is 4.43. The van der Waals surface area contributed by atoms with E-state index in [1.807, 2.05) is 0 Å². The van der Waals surface area contributed by atoms with Crippen molar-refractivity contribution in [2.45, 2.75) is 57.9 Å². The minimum absolute atomic E-state index is 0.227. The quantitative estimate of drug-likeness (QED) is 0.827. The Bertz CT molecular complexity index is 385. The van der Waals surface area contributed by atoms with Crippen molar-refractivity contribution in [1.29, 1.82) is 0 Å². The molecule has 0 heterocycles. The highest BCUT2D eigenvalue weighted by molar-refractivity contribution is 5.35. The maximum atomic E-state index is 3.53. The molecule has 1 saturated carbocycles. The van der Waals surface area contributed by atoms with Crippen molar-refractivity contribution < 1.29 is 0 Å². The van der Waals surface area contributed by atoms with Crippen molar-refractivity contribution in [1.82, 2.24) is 5.32 Å². The molecule has 1 N–H and O–H groups in total. The third-order valence-electron chi connectivity index (χ3n) is 4.29. The van der Waals surface area contributed by atoms with Crippen LogP contribution in [0.2, 0.25) is 0 Å². The van der Waals surface area contributed by atoms with E-state index in [9.17, 15) is 0 Å². The molecule has 1 nitrogen and oxygen atoms in total. The summed E-state index contributed by atoms with van der Waals surface area (Å²) in [7, 11) is 2.10. The topological polar surface area (TPSA) is 12.0 Å². The predicted molar refractivity (Wildman–Crippen MR) is 78.9 cm³/mol. The minimum Gasteiger partial charge on any atom is -0.313 e. The number of hydrogen-bond acceptors (Lipinski definition) is 1. The van der Waals surface area contributed by atoms with Crippen LogP contribution < -0.4 is 5.32 Å². The van der Waals surface area contributed by atoms with Gasteiger partial charge in [-0.25, -0.2) is 0 Å². The van der Waals surface area contributed by atoms with Crippen LogP contribution in [-0.4, -0.2) is 7.05 Å². The van der Waals surface area contributed by atoms with Gasteiger partial charge in [-0.2, -0.15) is 0 Å². The van der Waals surface area contributed by atoms with Crippen molar-refractivity contribution in [3.8, 4) is 0 Å². The number of benzene rings is 1. The first-order chi connectivity index (χ1) is 8.52. The second-order valence-corrected chi connectivity index (χ2v) is 6.71. The van der Waals surface area contributed by atoms with Gasteiger partial charge in [-0.15, -0.1) is 0 Å². The largest absolute Gasteiger partial charge is 0.313 e. The summed E-state index contributed by atoms with van der Waals surface area (Å²) in [5.74, 6) is 0.940. The number of rotatable bonds is 4. The van der Waals surface area contributed by atoms with E-state index in [4.69, 9.17) is 0 Å². The Morgan fingerprint density at radius 2 is 1.89 bits per heavy atom. The van der Waals surface area contributed by atoms with Crippen LogP contribution in [0.15, 0.2) is 24.3 Å². The molecule has 1 aromatic rings. The summed E-state index contributed by atoms with van der Waals surface area (Å²) in [4.78, 5) is 0. The fourth-order valence-electron chi connectivity index (χ4n) is 2.95. The molecule has 0 radical (unpaired) electrons. The molecular weight excluding hydrogens is 218 g/mol. The van der Waals surface area contributed by atoms with Gasteiger partial charge in [0.05, 0.1) is 0 Å². The first-order valence-electron chi connectivity index (χ1n) is 7.29. The molecule has 1 aliphatic rings. The Kier molecular flexibility index (Phi) is 4.11. The molecule has 0 saturated heterocycles. The van der Waals surface area contributed by atoms with E-state index in [1.54, 1.807) is 0 Å². The molecule has 1 atom stereocenters. The lowest BCUT2D eigenvalue weighted by atomic mass is 9.76. The Hall–Kier alpha value is -0.820. The molecule has 100 valence electrons. The standard InChI is InChI=1S/C17H27N/c1-17(2,3)15-11-6-5-10-14(15)16(18-4)12-13-8-7-9-13/h5-6,10-11,13,16,18H,7-9,12H2,1-4H3. The summed E-state index contributed by atoms with van der Waals surface area (Å²) in [6, 6.07) is 9.46. The first-order valence-corrected chi connectivity index (χ1v) is 7.29. The van der Waals surface area contributed by atoms with E-state index in [-0.39, 0.29) is 5.41 Å². The van der Waals surface area contributed by atoms with Crippen LogP contribution in [0, 0.1) is 5.92 Å². The zero-order chi connectivity index (χ0) is 13.2. The zero-order valence-corrected chi connectivity index (χ0v) is 12.3. The number of nitrogens with one attached hydrogen (secondary N) is 1. The zero-order valence-electron chi connectivity index (χ0n) is 12.3. The Morgan fingerprint density at radius 1 is 1.22 bits per heavy atom. The summed E-state index contributed by atoms with van der Waals surface area (Å²) in [5.41, 5.74) is 3.22. The van der Waals surface area contributed by atoms with Crippen LogP contribution in [0.1, 0.15) is 63.6 Å². The molecule has 0 bridgehead atoms. The molecule has 1 unspecified atom stereocenters. The first kappa shape index (κ1) is 13.6. The lowest BCUT2D eigenvalue weighted by molar-refractivity contribution is 0.264. The van der Waals surface area contributed by atoms with E-state index in [2.05, 4.69) is 57.4 Å². The summed E-state index contributed by atoms with van der Waals surface area (Å²) < 4.78 is 0. The molecule has 18 heavy (non-hydrogen) atoms. The Balaban J connectivity index is 2.23. The third kappa shape index (κ3) is 2.95. The highest BCUT2D eigenvalue weighted by Crippen LogP contribution is 2.37. The van der Waals surface area contributed by atoms with Gasteiger partial charge in [-0.3, -0.25) is 0 Å². The highest BCUT2D eigenvalue weighted by atomic mass is 14.9. The fraction of sp³-hybridized carbons (Fsp3) is 0.647. The van der Waals surface area contributed by atoms with Crippen LogP contribution in [0.5, 0.6) is 0 Å². The molecule has 1 aromatic carbocycles. The van der Waals surface area contributed by atoms with Crippen molar-refractivity contribution in [3.05, 3.63) is 35.4 Å². The monoisotopic (exact) mass is 245 g/mol. The van der Waals surface area contributed by atoms with E-state index in [0.717, 1.165) is 5.92 Å². The summed E-state index contributed by atoms with van der Waals surface area (Å²) in [6.07, 6.45) is 5.58. The molecule has 2 rings (SSSR count). The van der Waals surface area contributed by atoms with Crippen molar-refractivity contribution in [2.24, 2.45) is 5.92 Å². The Labute approximate surface area is 112 Å². The van der Waals surface area contributed by atoms with Gasteiger partial charge in [0.1, 0.15) is 0 Å². The molecule has 1 aliphatic carbocycles. The van der Waals surface area contributed by atoms with Gasteiger partial charge >= 0.3 is 0 Å². The van der Waals surface area contributed by atoms with Crippen LogP contribution in [0.4, 0.5) is 0 Å². The smallest absolute Gasteiger partial charge is 0.0323 e. The average Bonchev–Trinajstić information content (AvgIpc) is 2.27. The summed E-state index contributed by atoms with van der Waals surface area (Å²) in [5, 5.41) is 3.53. The van der Waals surface area contributed by atoms with Crippen LogP contribution >= 0.6 is 0 Å². The van der Waals surface area contributed by atoms with Crippen LogP contribution in [0.3, 0.4) is 0 Å². The second kappa shape index (κ2) is 5.44. The normalized spacial score (nSPS) is 18.4. The van der Waals surface area contributed by atoms with Gasteiger partial charge < -0.3 is 5.32 Å². The van der Waals surface area contributed by atoms with Crippen LogP contribution in [-0.2, 0) is 5.41 Å². The van der Waals surface area contributed by atoms with E-state index in [0.29, 0.717) is 6.04 Å². The molecule has 1 heteroatoms. The lowest BCUT2D eigenvalue weighted by Gasteiger charge is -2.32. The van der Waals surface area contributed by atoms with Gasteiger partial charge in [0.2, 0.25) is 0 Å². The molecule has 0 amide bonds. The van der Waals surface area contributed by atoms with E-state index < -0.39 is 0 Å². The Morgan fingerprint density at radius 3 is 2.39 bits per heavy atom. The van der Waals surface area contributed by atoms with Gasteiger partial charge in [-0.05, 0) is 35.9 Å². The van der Waals surface area contributed by atoms with Gasteiger partial charge in [0.15, 0.2) is 0 Å². The second-order valence-electron chi connectivity index (χ2n) is 6.71. The molecule has 0 aromatic heterocycles. The summed E-state index contributed by atoms with van der Waals surface area (Å²) >= 11 is 0. The fourth-order valence-corrected chi connectivity index (χ4v) is 2.95. The third-order valence-corrected chi connectivity index (χ3v) is 4.29. The maximum absolute atomic E-state index is 3.53. The summed E-state index contributed by atoms with van der Waals surface area (Å²) in [6.45, 7) is 6.92. The van der Waals surface area contributed by atoms with Gasteiger partial charge in [-0.1, -0.05) is 64.3 Å². The van der Waals surface area contributed by atoms with E-state index in [1.165, 1.54) is 36.8 Å². The minimum atomic E-state index is 0.227. The molecule has 0 aliphatic heterocycles. The molecular formula is C17H27N. The van der Waals surface area contributed by atoms with E-state index >= 15 is 0 Å².